The maximum absolute atomic E-state index is 3.95. The molecule has 1 heteroatoms. The molecule has 0 heterocycles. The van der Waals surface area contributed by atoms with Crippen molar-refractivity contribution in [3.05, 3.63) is 57.0 Å². The first-order chi connectivity index (χ1) is 6.42. The van der Waals surface area contributed by atoms with Gasteiger partial charge in [0.05, 0.1) is 0 Å². The number of allylic oxidation sites excluding steroid dienone is 8. The van der Waals surface area contributed by atoms with Gasteiger partial charge in [0.15, 0.2) is 0 Å². The van der Waals surface area contributed by atoms with Gasteiger partial charge in [-0.2, -0.15) is 0 Å². The predicted molar refractivity (Wildman–Crippen MR) is 53.9 cm³/mol. The Morgan fingerprint density at radius 3 is 1.92 bits per heavy atom. The average molecular weight is 213 g/mol. The minimum atomic E-state index is -0.389. The van der Waals surface area contributed by atoms with Crippen molar-refractivity contribution >= 4 is 0 Å². The van der Waals surface area contributed by atoms with Crippen LogP contribution in [-0.2, 0) is 13.9 Å². The Labute approximate surface area is 83.9 Å². The van der Waals surface area contributed by atoms with Crippen LogP contribution < -0.4 is 0 Å². The molecule has 0 fully saturated rings. The summed E-state index contributed by atoms with van der Waals surface area (Å²) in [4.78, 5) is 2.14. The van der Waals surface area contributed by atoms with E-state index >= 15 is 0 Å². The third-order valence-corrected chi connectivity index (χ3v) is 4.87. The van der Waals surface area contributed by atoms with E-state index in [1.54, 1.807) is 8.94 Å². The molecular weight excluding hydrogens is 200 g/mol. The summed E-state index contributed by atoms with van der Waals surface area (Å²) in [6, 6.07) is 0. The van der Waals surface area contributed by atoms with Gasteiger partial charge in [-0.05, 0) is 0 Å². The van der Waals surface area contributed by atoms with Crippen LogP contribution in [0.5, 0.6) is 0 Å². The summed E-state index contributed by atoms with van der Waals surface area (Å²) in [5.41, 5.74) is 0. The van der Waals surface area contributed by atoms with E-state index in [2.05, 4.69) is 48.0 Å². The van der Waals surface area contributed by atoms with E-state index in [4.69, 9.17) is 0 Å². The van der Waals surface area contributed by atoms with E-state index in [0.717, 1.165) is 12.8 Å². The first-order valence-corrected chi connectivity index (χ1v) is 6.14. The molecule has 2 aliphatic rings. The predicted octanol–water partition coefficient (Wildman–Crippen LogP) is 3.44. The van der Waals surface area contributed by atoms with Crippen molar-refractivity contribution < 1.29 is 13.9 Å². The second kappa shape index (κ2) is 3.95. The third kappa shape index (κ3) is 1.77. The van der Waals surface area contributed by atoms with Crippen LogP contribution in [0.15, 0.2) is 57.0 Å². The summed E-state index contributed by atoms with van der Waals surface area (Å²) in [7, 11) is 0. The van der Waals surface area contributed by atoms with Gasteiger partial charge in [-0.25, -0.2) is 0 Å². The molecule has 0 aliphatic heterocycles. The van der Waals surface area contributed by atoms with Crippen molar-refractivity contribution in [3.63, 3.8) is 0 Å². The van der Waals surface area contributed by atoms with Crippen molar-refractivity contribution in [2.75, 3.05) is 0 Å². The van der Waals surface area contributed by atoms with E-state index in [1.165, 1.54) is 0 Å². The fourth-order valence-corrected chi connectivity index (χ4v) is 3.83. The topological polar surface area (TPSA) is 0 Å². The summed E-state index contributed by atoms with van der Waals surface area (Å²) in [5, 5.41) is 0. The number of hydrogen-bond donors (Lipinski definition) is 0. The molecule has 0 bridgehead atoms. The zero-order chi connectivity index (χ0) is 9.10. The Balaban J connectivity index is 2.14. The SMILES string of the molecule is C=[CH][Fe]([C]1=CC=CC1)[C]1=CC=CC1. The molecule has 0 aromatic heterocycles. The van der Waals surface area contributed by atoms with Gasteiger partial charge in [0.1, 0.15) is 0 Å². The zero-order valence-corrected chi connectivity index (χ0v) is 8.62. The summed E-state index contributed by atoms with van der Waals surface area (Å²) >= 11 is -0.389. The van der Waals surface area contributed by atoms with E-state index in [9.17, 15) is 0 Å². The summed E-state index contributed by atoms with van der Waals surface area (Å²) in [6.07, 6.45) is 15.5. The molecule has 0 aromatic carbocycles. The van der Waals surface area contributed by atoms with Gasteiger partial charge in [0, 0.05) is 0 Å². The van der Waals surface area contributed by atoms with Gasteiger partial charge in [-0.3, -0.25) is 0 Å². The molecule has 0 saturated carbocycles. The van der Waals surface area contributed by atoms with E-state index in [0.29, 0.717) is 0 Å². The zero-order valence-electron chi connectivity index (χ0n) is 7.52. The minimum absolute atomic E-state index is 0.389. The Morgan fingerprint density at radius 2 is 1.62 bits per heavy atom. The first kappa shape index (κ1) is 8.80. The number of rotatable bonds is 3. The molecule has 0 nitrogen and oxygen atoms in total. The second-order valence-corrected chi connectivity index (χ2v) is 5.68. The van der Waals surface area contributed by atoms with Gasteiger partial charge in [-0.15, -0.1) is 0 Å². The van der Waals surface area contributed by atoms with Crippen LogP contribution >= 0.6 is 0 Å². The van der Waals surface area contributed by atoms with Crippen LogP contribution in [0.3, 0.4) is 0 Å². The third-order valence-electron chi connectivity index (χ3n) is 2.07. The van der Waals surface area contributed by atoms with Crippen molar-refractivity contribution in [2.45, 2.75) is 12.8 Å². The van der Waals surface area contributed by atoms with Crippen molar-refractivity contribution in [2.24, 2.45) is 0 Å². The van der Waals surface area contributed by atoms with Crippen molar-refractivity contribution in [1.82, 2.24) is 0 Å². The Kier molecular flexibility index (Phi) is 2.68. The van der Waals surface area contributed by atoms with Crippen molar-refractivity contribution in [1.29, 1.82) is 0 Å². The Hall–Kier alpha value is -0.781. The van der Waals surface area contributed by atoms with E-state index < -0.39 is 0 Å². The van der Waals surface area contributed by atoms with Gasteiger partial charge in [0.2, 0.25) is 0 Å². The summed E-state index contributed by atoms with van der Waals surface area (Å²) in [6.45, 7) is 3.95. The molecule has 2 aliphatic carbocycles. The van der Waals surface area contributed by atoms with Gasteiger partial charge in [-0.1, -0.05) is 0 Å². The fourth-order valence-electron chi connectivity index (χ4n) is 1.45. The molecule has 0 aromatic rings. The van der Waals surface area contributed by atoms with Crippen molar-refractivity contribution in [3.8, 4) is 0 Å². The molecular formula is C12H13Fe. The molecule has 69 valence electrons. The average Bonchev–Trinajstić information content (AvgIpc) is 2.76. The van der Waals surface area contributed by atoms with Crippen LogP contribution in [0.25, 0.3) is 0 Å². The van der Waals surface area contributed by atoms with Crippen LogP contribution in [0.2, 0.25) is 0 Å². The van der Waals surface area contributed by atoms with Gasteiger partial charge in [0.25, 0.3) is 0 Å². The molecule has 0 spiro atoms. The maximum atomic E-state index is 3.95. The molecule has 0 N–H and O–H groups in total. The van der Waals surface area contributed by atoms with Gasteiger partial charge >= 0.3 is 83.7 Å². The normalized spacial score (nSPS) is 20.2. The molecule has 0 radical (unpaired) electrons. The molecule has 0 atom stereocenters. The Morgan fingerprint density at radius 1 is 1.08 bits per heavy atom. The van der Waals surface area contributed by atoms with E-state index in [1.807, 2.05) is 0 Å². The first-order valence-electron chi connectivity index (χ1n) is 4.40. The monoisotopic (exact) mass is 213 g/mol. The summed E-state index contributed by atoms with van der Waals surface area (Å²) in [5.74, 6) is 0. The summed E-state index contributed by atoms with van der Waals surface area (Å²) < 4.78 is 3.12. The van der Waals surface area contributed by atoms with E-state index in [-0.39, 0.29) is 13.9 Å². The van der Waals surface area contributed by atoms with Crippen LogP contribution in [-0.4, -0.2) is 0 Å². The second-order valence-electron chi connectivity index (χ2n) is 2.90. The van der Waals surface area contributed by atoms with Crippen LogP contribution in [0.4, 0.5) is 0 Å². The van der Waals surface area contributed by atoms with Gasteiger partial charge < -0.3 is 0 Å². The molecule has 0 amide bonds. The standard InChI is InChI=1S/2C5H5.C2H3.Fe/c2*1-2-4-5-3-1;1-2;/h2*1-3H,4H2;1H,2H2;. The van der Waals surface area contributed by atoms with Crippen LogP contribution in [0.1, 0.15) is 12.8 Å². The fraction of sp³-hybridized carbons (Fsp3) is 0.167. The Bertz CT molecular complexity index is 299. The number of hydrogen-bond acceptors (Lipinski definition) is 0. The quantitative estimate of drug-likeness (QED) is 0.630. The molecule has 13 heavy (non-hydrogen) atoms. The molecule has 0 saturated heterocycles. The molecule has 2 rings (SSSR count). The van der Waals surface area contributed by atoms with Crippen LogP contribution in [0, 0.1) is 0 Å². The molecule has 0 unspecified atom stereocenters.